The molecule has 3 aromatic rings. The number of nitrogens with zero attached hydrogens (tertiary/aromatic N) is 3. The van der Waals surface area contributed by atoms with Crippen LogP contribution in [-0.2, 0) is 7.05 Å². The van der Waals surface area contributed by atoms with Gasteiger partial charge in [-0.3, -0.25) is 9.48 Å². The number of amides is 1. The second-order valence-corrected chi connectivity index (χ2v) is 6.62. The van der Waals surface area contributed by atoms with Crippen LogP contribution in [0.4, 0.5) is 5.69 Å². The lowest BCUT2D eigenvalue weighted by Gasteiger charge is -2.10. The van der Waals surface area contributed by atoms with Crippen molar-refractivity contribution in [3.8, 4) is 0 Å². The van der Waals surface area contributed by atoms with Gasteiger partial charge in [0.1, 0.15) is 0 Å². The maximum Gasteiger partial charge on any atom is 0.256 e. The minimum absolute atomic E-state index is 0.187. The molecule has 24 heavy (non-hydrogen) atoms. The van der Waals surface area contributed by atoms with Gasteiger partial charge < -0.3 is 5.32 Å². The minimum Gasteiger partial charge on any atom is -0.321 e. The number of pyridine rings is 1. The molecule has 1 aliphatic rings. The Morgan fingerprint density at radius 2 is 2.08 bits per heavy atom. The normalized spacial score (nSPS) is 14.1. The number of rotatable bonds is 3. The zero-order valence-corrected chi connectivity index (χ0v) is 14.3. The maximum atomic E-state index is 12.9. The fourth-order valence-electron chi connectivity index (χ4n) is 2.98. The summed E-state index contributed by atoms with van der Waals surface area (Å²) >= 11 is 6.16. The summed E-state index contributed by atoms with van der Waals surface area (Å²) in [6.07, 6.45) is 2.25. The molecular weight excluding hydrogens is 324 g/mol. The number of para-hydroxylation sites is 1. The van der Waals surface area contributed by atoms with Gasteiger partial charge in [-0.15, -0.1) is 0 Å². The Bertz CT molecular complexity index is 959. The molecule has 2 aromatic heterocycles. The molecule has 0 unspecified atom stereocenters. The average Bonchev–Trinajstić information content (AvgIpc) is 3.36. The van der Waals surface area contributed by atoms with Crippen LogP contribution >= 0.6 is 11.6 Å². The number of aromatic nitrogens is 3. The first-order chi connectivity index (χ1) is 11.5. The molecule has 1 aliphatic carbocycles. The maximum absolute atomic E-state index is 12.9. The number of benzene rings is 1. The number of aryl methyl sites for hydroxylation is 2. The van der Waals surface area contributed by atoms with Gasteiger partial charge in [0.25, 0.3) is 5.91 Å². The predicted octanol–water partition coefficient (Wildman–Crippen LogP) is 4.06. The van der Waals surface area contributed by atoms with Crippen molar-refractivity contribution in [3.05, 3.63) is 52.3 Å². The molecule has 1 fully saturated rings. The smallest absolute Gasteiger partial charge is 0.256 e. The topological polar surface area (TPSA) is 59.8 Å². The summed E-state index contributed by atoms with van der Waals surface area (Å²) in [5, 5.41) is 8.65. The van der Waals surface area contributed by atoms with Crippen LogP contribution in [0.3, 0.4) is 0 Å². The summed E-state index contributed by atoms with van der Waals surface area (Å²) in [4.78, 5) is 17.6. The first-order valence-electron chi connectivity index (χ1n) is 7.94. The van der Waals surface area contributed by atoms with Crippen LogP contribution in [0.25, 0.3) is 11.0 Å². The highest BCUT2D eigenvalue weighted by Gasteiger charge is 2.28. The summed E-state index contributed by atoms with van der Waals surface area (Å²) in [6.45, 7) is 1.90. The number of hydrogen-bond donors (Lipinski definition) is 1. The molecule has 2 heterocycles. The quantitative estimate of drug-likeness (QED) is 0.782. The van der Waals surface area contributed by atoms with Crippen molar-refractivity contribution in [1.82, 2.24) is 14.8 Å². The third-order valence-corrected chi connectivity index (χ3v) is 4.68. The lowest BCUT2D eigenvalue weighted by atomic mass is 10.1. The number of fused-ring (bicyclic) bond motifs is 1. The van der Waals surface area contributed by atoms with Gasteiger partial charge in [0.15, 0.2) is 5.65 Å². The highest BCUT2D eigenvalue weighted by Crippen LogP contribution is 2.40. The van der Waals surface area contributed by atoms with E-state index in [0.717, 1.165) is 35.3 Å². The molecule has 0 bridgehead atoms. The first-order valence-corrected chi connectivity index (χ1v) is 8.32. The second-order valence-electron chi connectivity index (χ2n) is 6.21. The average molecular weight is 341 g/mol. The molecule has 1 saturated carbocycles. The lowest BCUT2D eigenvalue weighted by Crippen LogP contribution is -2.14. The number of carbonyl (C=O) groups is 1. The van der Waals surface area contributed by atoms with Crippen LogP contribution in [0.2, 0.25) is 5.02 Å². The summed E-state index contributed by atoms with van der Waals surface area (Å²) < 4.78 is 1.74. The second kappa shape index (κ2) is 5.60. The summed E-state index contributed by atoms with van der Waals surface area (Å²) in [5.41, 5.74) is 3.72. The molecule has 5 nitrogen and oxygen atoms in total. The molecule has 1 amide bonds. The SMILES string of the molecule is Cc1nn(C)c2nc(C3CC3)cc(C(=O)Nc3ccccc3Cl)c12. The van der Waals surface area contributed by atoms with Crippen molar-refractivity contribution in [2.45, 2.75) is 25.7 Å². The van der Waals surface area contributed by atoms with Crippen LogP contribution in [0.15, 0.2) is 30.3 Å². The van der Waals surface area contributed by atoms with Crippen molar-refractivity contribution in [2.75, 3.05) is 5.32 Å². The molecule has 0 saturated heterocycles. The number of carbonyl (C=O) groups excluding carboxylic acids is 1. The van der Waals surface area contributed by atoms with Gasteiger partial charge in [0.2, 0.25) is 0 Å². The van der Waals surface area contributed by atoms with Crippen LogP contribution in [0.5, 0.6) is 0 Å². The van der Waals surface area contributed by atoms with Crippen molar-refractivity contribution < 1.29 is 4.79 Å². The molecule has 1 aromatic carbocycles. The number of hydrogen-bond acceptors (Lipinski definition) is 3. The summed E-state index contributed by atoms with van der Waals surface area (Å²) in [6, 6.07) is 9.12. The molecule has 4 rings (SSSR count). The Labute approximate surface area is 144 Å². The van der Waals surface area contributed by atoms with Gasteiger partial charge >= 0.3 is 0 Å². The number of halogens is 1. The molecule has 0 spiro atoms. The Kier molecular flexibility index (Phi) is 3.53. The van der Waals surface area contributed by atoms with E-state index in [1.54, 1.807) is 16.8 Å². The molecule has 0 aliphatic heterocycles. The zero-order valence-electron chi connectivity index (χ0n) is 13.5. The van der Waals surface area contributed by atoms with Crippen LogP contribution < -0.4 is 5.32 Å². The first kappa shape index (κ1) is 15.1. The Hall–Kier alpha value is -2.40. The van der Waals surface area contributed by atoms with Gasteiger partial charge in [-0.25, -0.2) is 4.98 Å². The van der Waals surface area contributed by atoms with Gasteiger partial charge in [-0.2, -0.15) is 5.10 Å². The highest BCUT2D eigenvalue weighted by atomic mass is 35.5. The van der Waals surface area contributed by atoms with Crippen LogP contribution in [-0.4, -0.2) is 20.7 Å². The third kappa shape index (κ3) is 2.55. The van der Waals surface area contributed by atoms with Gasteiger partial charge in [-0.1, -0.05) is 23.7 Å². The third-order valence-electron chi connectivity index (χ3n) is 4.35. The van der Waals surface area contributed by atoms with E-state index in [2.05, 4.69) is 10.4 Å². The lowest BCUT2D eigenvalue weighted by molar-refractivity contribution is 0.102. The van der Waals surface area contributed by atoms with Gasteiger partial charge in [-0.05, 0) is 38.0 Å². The Morgan fingerprint density at radius 3 is 2.79 bits per heavy atom. The Morgan fingerprint density at radius 1 is 1.33 bits per heavy atom. The molecule has 0 atom stereocenters. The molecule has 122 valence electrons. The van der Waals surface area contributed by atoms with E-state index in [4.69, 9.17) is 16.6 Å². The molecule has 6 heteroatoms. The largest absolute Gasteiger partial charge is 0.321 e. The molecule has 0 radical (unpaired) electrons. The molecular formula is C18H17ClN4O. The number of anilines is 1. The van der Waals surface area contributed by atoms with Gasteiger partial charge in [0, 0.05) is 18.7 Å². The molecule has 1 N–H and O–H groups in total. The standard InChI is InChI=1S/C18H17ClN4O/c1-10-16-12(18(24)21-14-6-4-3-5-13(14)19)9-15(11-7-8-11)20-17(16)23(2)22-10/h3-6,9,11H,7-8H2,1-2H3,(H,21,24). The predicted molar refractivity (Wildman–Crippen MR) is 94.6 cm³/mol. The van der Waals surface area contributed by atoms with E-state index in [1.165, 1.54) is 0 Å². The van der Waals surface area contributed by atoms with Crippen molar-refractivity contribution in [1.29, 1.82) is 0 Å². The fourth-order valence-corrected chi connectivity index (χ4v) is 3.17. The summed E-state index contributed by atoms with van der Waals surface area (Å²) in [5.74, 6) is 0.268. The number of nitrogens with one attached hydrogen (secondary N) is 1. The van der Waals surface area contributed by atoms with Crippen molar-refractivity contribution in [2.24, 2.45) is 7.05 Å². The van der Waals surface area contributed by atoms with Gasteiger partial charge in [0.05, 0.1) is 27.4 Å². The zero-order chi connectivity index (χ0) is 16.8. The van der Waals surface area contributed by atoms with Crippen LogP contribution in [0, 0.1) is 6.92 Å². The summed E-state index contributed by atoms with van der Waals surface area (Å²) in [7, 11) is 1.86. The minimum atomic E-state index is -0.187. The Balaban J connectivity index is 1.82. The van der Waals surface area contributed by atoms with E-state index in [-0.39, 0.29) is 5.91 Å². The van der Waals surface area contributed by atoms with E-state index in [0.29, 0.717) is 22.2 Å². The van der Waals surface area contributed by atoms with E-state index in [1.807, 2.05) is 32.2 Å². The van der Waals surface area contributed by atoms with Crippen molar-refractivity contribution >= 4 is 34.2 Å². The highest BCUT2D eigenvalue weighted by molar-refractivity contribution is 6.34. The fraction of sp³-hybridized carbons (Fsp3) is 0.278. The van der Waals surface area contributed by atoms with E-state index in [9.17, 15) is 4.79 Å². The van der Waals surface area contributed by atoms with E-state index < -0.39 is 0 Å². The van der Waals surface area contributed by atoms with E-state index >= 15 is 0 Å². The van der Waals surface area contributed by atoms with Crippen molar-refractivity contribution in [3.63, 3.8) is 0 Å². The van der Waals surface area contributed by atoms with Crippen LogP contribution in [0.1, 0.15) is 40.5 Å². The monoisotopic (exact) mass is 340 g/mol.